The highest BCUT2D eigenvalue weighted by Gasteiger charge is 2.19. The molecule has 7 heteroatoms. The lowest BCUT2D eigenvalue weighted by atomic mass is 10.0. The third-order valence-electron chi connectivity index (χ3n) is 4.70. The molecule has 4 aromatic rings. The van der Waals surface area contributed by atoms with E-state index < -0.39 is 0 Å². The number of phenols is 1. The zero-order valence-corrected chi connectivity index (χ0v) is 15.8. The molecule has 0 radical (unpaired) electrons. The summed E-state index contributed by atoms with van der Waals surface area (Å²) in [6, 6.07) is 15.1. The predicted molar refractivity (Wildman–Crippen MR) is 109 cm³/mol. The van der Waals surface area contributed by atoms with Crippen molar-refractivity contribution < 1.29 is 14.6 Å². The third-order valence-corrected chi connectivity index (χ3v) is 4.70. The SMILES string of the molecule is COCCn1cc(C(=O)c2ccccc2O)cc1-c1nc2ccccc2c(=O)[nH]1. The van der Waals surface area contributed by atoms with Crippen molar-refractivity contribution in [1.82, 2.24) is 14.5 Å². The number of ether oxygens (including phenoxy) is 1. The van der Waals surface area contributed by atoms with Crippen molar-refractivity contribution >= 4 is 16.7 Å². The van der Waals surface area contributed by atoms with Crippen molar-refractivity contribution in [3.63, 3.8) is 0 Å². The van der Waals surface area contributed by atoms with Gasteiger partial charge in [0.1, 0.15) is 5.75 Å². The van der Waals surface area contributed by atoms with Crippen LogP contribution in [0.25, 0.3) is 22.4 Å². The molecule has 2 aromatic carbocycles. The number of nitrogens with one attached hydrogen (secondary N) is 1. The first-order chi connectivity index (χ1) is 14.1. The van der Waals surface area contributed by atoms with Crippen molar-refractivity contribution in [2.75, 3.05) is 13.7 Å². The highest BCUT2D eigenvalue weighted by atomic mass is 16.5. The zero-order chi connectivity index (χ0) is 20.4. The van der Waals surface area contributed by atoms with E-state index in [4.69, 9.17) is 4.74 Å². The maximum Gasteiger partial charge on any atom is 0.259 e. The maximum absolute atomic E-state index is 12.9. The first-order valence-corrected chi connectivity index (χ1v) is 9.09. The van der Waals surface area contributed by atoms with Crippen LogP contribution >= 0.6 is 0 Å². The molecule has 2 heterocycles. The number of hydrogen-bond acceptors (Lipinski definition) is 5. The second kappa shape index (κ2) is 7.73. The van der Waals surface area contributed by atoms with Gasteiger partial charge in [0.15, 0.2) is 11.6 Å². The molecule has 4 rings (SSSR count). The van der Waals surface area contributed by atoms with Gasteiger partial charge >= 0.3 is 0 Å². The lowest BCUT2D eigenvalue weighted by molar-refractivity contribution is 0.103. The fraction of sp³-hybridized carbons (Fsp3) is 0.136. The number of fused-ring (bicyclic) bond motifs is 1. The van der Waals surface area contributed by atoms with Gasteiger partial charge in [-0.15, -0.1) is 0 Å². The normalized spacial score (nSPS) is 11.1. The molecule has 0 aliphatic carbocycles. The molecule has 0 aliphatic heterocycles. The largest absolute Gasteiger partial charge is 0.507 e. The summed E-state index contributed by atoms with van der Waals surface area (Å²) in [5, 5.41) is 10.5. The highest BCUT2D eigenvalue weighted by molar-refractivity contribution is 6.11. The molecule has 0 aliphatic rings. The van der Waals surface area contributed by atoms with E-state index in [0.717, 1.165) is 0 Å². The van der Waals surface area contributed by atoms with Crippen LogP contribution in [0, 0.1) is 0 Å². The van der Waals surface area contributed by atoms with Crippen LogP contribution in [-0.2, 0) is 11.3 Å². The molecule has 0 atom stereocenters. The second-order valence-electron chi connectivity index (χ2n) is 6.58. The van der Waals surface area contributed by atoms with Gasteiger partial charge in [-0.1, -0.05) is 24.3 Å². The molecule has 0 saturated carbocycles. The highest BCUT2D eigenvalue weighted by Crippen LogP contribution is 2.25. The Bertz CT molecular complexity index is 1260. The number of carbonyl (C=O) groups is 1. The van der Waals surface area contributed by atoms with Crippen LogP contribution in [0.15, 0.2) is 65.6 Å². The first kappa shape index (κ1) is 18.6. The van der Waals surface area contributed by atoms with Crippen LogP contribution < -0.4 is 5.56 Å². The monoisotopic (exact) mass is 389 g/mol. The number of para-hydroxylation sites is 2. The smallest absolute Gasteiger partial charge is 0.259 e. The molecule has 0 fully saturated rings. The van der Waals surface area contributed by atoms with Crippen LogP contribution in [0.4, 0.5) is 0 Å². The predicted octanol–water partition coefficient (Wildman–Crippen LogP) is 2.97. The van der Waals surface area contributed by atoms with Gasteiger partial charge in [-0.3, -0.25) is 9.59 Å². The standard InChI is InChI=1S/C22H19N3O4/c1-29-11-10-25-13-14(20(27)16-7-3-5-9-19(16)26)12-18(25)21-23-17-8-4-2-6-15(17)22(28)24-21/h2-9,12-13,26H,10-11H2,1H3,(H,23,24,28). The average Bonchev–Trinajstić information content (AvgIpc) is 3.16. The Labute approximate surface area is 166 Å². The summed E-state index contributed by atoms with van der Waals surface area (Å²) in [7, 11) is 1.59. The topological polar surface area (TPSA) is 97.2 Å². The van der Waals surface area contributed by atoms with Crippen LogP contribution in [0.1, 0.15) is 15.9 Å². The van der Waals surface area contributed by atoms with Crippen molar-refractivity contribution in [3.05, 3.63) is 82.3 Å². The van der Waals surface area contributed by atoms with Gasteiger partial charge in [0.25, 0.3) is 5.56 Å². The average molecular weight is 389 g/mol. The number of rotatable bonds is 6. The second-order valence-corrected chi connectivity index (χ2v) is 6.58. The fourth-order valence-electron chi connectivity index (χ4n) is 3.24. The van der Waals surface area contributed by atoms with Gasteiger partial charge in [0.2, 0.25) is 0 Å². The number of nitrogens with zero attached hydrogens (tertiary/aromatic N) is 2. The van der Waals surface area contributed by atoms with Gasteiger partial charge in [-0.25, -0.2) is 4.98 Å². The van der Waals surface area contributed by atoms with Crippen LogP contribution in [0.2, 0.25) is 0 Å². The first-order valence-electron chi connectivity index (χ1n) is 9.09. The van der Waals surface area contributed by atoms with E-state index >= 15 is 0 Å². The lowest BCUT2D eigenvalue weighted by Crippen LogP contribution is -2.12. The van der Waals surface area contributed by atoms with Gasteiger partial charge < -0.3 is 19.4 Å². The number of ketones is 1. The fourth-order valence-corrected chi connectivity index (χ4v) is 3.24. The van der Waals surface area contributed by atoms with Gasteiger partial charge in [-0.05, 0) is 30.3 Å². The number of benzene rings is 2. The molecule has 2 aromatic heterocycles. The molecule has 0 unspecified atom stereocenters. The minimum atomic E-state index is -0.316. The van der Waals surface area contributed by atoms with E-state index in [1.54, 1.807) is 55.8 Å². The number of H-pyrrole nitrogens is 1. The summed E-state index contributed by atoms with van der Waals surface area (Å²) >= 11 is 0. The van der Waals surface area contributed by atoms with E-state index in [0.29, 0.717) is 41.1 Å². The number of carbonyl (C=O) groups excluding carboxylic acids is 1. The Kier molecular flexibility index (Phi) is 4.97. The Balaban J connectivity index is 1.84. The summed E-state index contributed by atoms with van der Waals surface area (Å²) in [6.45, 7) is 0.889. The Morgan fingerprint density at radius 1 is 1.17 bits per heavy atom. The van der Waals surface area contributed by atoms with Crippen molar-refractivity contribution in [1.29, 1.82) is 0 Å². The number of methoxy groups -OCH3 is 1. The molecule has 29 heavy (non-hydrogen) atoms. The minimum absolute atomic E-state index is 0.0825. The van der Waals surface area contributed by atoms with Crippen LogP contribution in [0.3, 0.4) is 0 Å². The zero-order valence-electron chi connectivity index (χ0n) is 15.8. The number of aromatic hydroxyl groups is 1. The van der Waals surface area contributed by atoms with E-state index in [2.05, 4.69) is 9.97 Å². The van der Waals surface area contributed by atoms with Crippen LogP contribution in [0.5, 0.6) is 5.75 Å². The molecule has 0 spiro atoms. The maximum atomic E-state index is 12.9. The van der Waals surface area contributed by atoms with Crippen molar-refractivity contribution in [2.24, 2.45) is 0 Å². The van der Waals surface area contributed by atoms with Gasteiger partial charge in [0.05, 0.1) is 28.8 Å². The van der Waals surface area contributed by atoms with Gasteiger partial charge in [0, 0.05) is 25.4 Å². The molecule has 7 nitrogen and oxygen atoms in total. The Hall–Kier alpha value is -3.71. The molecule has 2 N–H and O–H groups in total. The lowest BCUT2D eigenvalue weighted by Gasteiger charge is -2.08. The number of aromatic amines is 1. The van der Waals surface area contributed by atoms with Crippen molar-refractivity contribution in [2.45, 2.75) is 6.54 Å². The summed E-state index contributed by atoms with van der Waals surface area (Å²) in [5.41, 5.74) is 1.50. The third kappa shape index (κ3) is 3.55. The molecule has 146 valence electrons. The minimum Gasteiger partial charge on any atom is -0.507 e. The van der Waals surface area contributed by atoms with E-state index in [1.807, 2.05) is 10.6 Å². The van der Waals surface area contributed by atoms with Crippen LogP contribution in [-0.4, -0.2) is 39.1 Å². The Morgan fingerprint density at radius 2 is 1.93 bits per heavy atom. The number of hydrogen-bond donors (Lipinski definition) is 2. The molecular weight excluding hydrogens is 370 g/mol. The van der Waals surface area contributed by atoms with E-state index in [9.17, 15) is 14.7 Å². The number of aromatic nitrogens is 3. The summed E-state index contributed by atoms with van der Waals surface area (Å²) in [6.07, 6.45) is 1.68. The Morgan fingerprint density at radius 3 is 2.72 bits per heavy atom. The van der Waals surface area contributed by atoms with E-state index in [-0.39, 0.29) is 22.7 Å². The molecular formula is C22H19N3O4. The molecule has 0 amide bonds. The number of phenolic OH excluding ortho intramolecular Hbond substituents is 1. The van der Waals surface area contributed by atoms with Gasteiger partial charge in [-0.2, -0.15) is 0 Å². The summed E-state index contributed by atoms with van der Waals surface area (Å²) < 4.78 is 6.98. The molecule has 0 bridgehead atoms. The summed E-state index contributed by atoms with van der Waals surface area (Å²) in [5.74, 6) is -0.0364. The quantitative estimate of drug-likeness (QED) is 0.494. The van der Waals surface area contributed by atoms with E-state index in [1.165, 1.54) is 6.07 Å². The van der Waals surface area contributed by atoms with Crippen molar-refractivity contribution in [3.8, 4) is 17.3 Å². The molecule has 0 saturated heterocycles. The summed E-state index contributed by atoms with van der Waals surface area (Å²) in [4.78, 5) is 32.8.